The van der Waals surface area contributed by atoms with Crippen molar-refractivity contribution in [1.82, 2.24) is 4.98 Å². The minimum atomic E-state index is -4.39. The summed E-state index contributed by atoms with van der Waals surface area (Å²) in [5.41, 5.74) is -5.57. The summed E-state index contributed by atoms with van der Waals surface area (Å²) >= 11 is -0.256. The quantitative estimate of drug-likeness (QED) is 0.477. The zero-order valence-electron chi connectivity index (χ0n) is 10.8. The second-order valence-electron chi connectivity index (χ2n) is 4.67. The summed E-state index contributed by atoms with van der Waals surface area (Å²) in [5, 5.41) is 0. The lowest BCUT2D eigenvalue weighted by atomic mass is 9.92. The summed E-state index contributed by atoms with van der Waals surface area (Å²) in [5.74, 6) is -1.71. The Labute approximate surface area is 126 Å². The molecule has 1 aromatic carbocycles. The SMILES string of the molecule is Fc1cncc(F)c1C1(c2ccc(SC(F)(F)F)cc2)CO1. The van der Waals surface area contributed by atoms with Crippen LogP contribution in [0.4, 0.5) is 22.0 Å². The zero-order valence-corrected chi connectivity index (χ0v) is 11.6. The molecule has 1 atom stereocenters. The first-order chi connectivity index (χ1) is 10.3. The molecule has 0 radical (unpaired) electrons. The largest absolute Gasteiger partial charge is 0.446 e. The Morgan fingerprint density at radius 2 is 1.59 bits per heavy atom. The van der Waals surface area contributed by atoms with Gasteiger partial charge in [0, 0.05) is 4.90 Å². The van der Waals surface area contributed by atoms with Gasteiger partial charge in [-0.1, -0.05) is 12.1 Å². The van der Waals surface area contributed by atoms with E-state index in [1.807, 2.05) is 0 Å². The van der Waals surface area contributed by atoms with Crippen LogP contribution in [0.3, 0.4) is 0 Å². The number of halogens is 5. The van der Waals surface area contributed by atoms with Gasteiger partial charge in [-0.3, -0.25) is 4.98 Å². The maximum absolute atomic E-state index is 13.8. The number of ether oxygens (including phenoxy) is 1. The second kappa shape index (κ2) is 5.20. The van der Waals surface area contributed by atoms with Crippen LogP contribution in [0.2, 0.25) is 0 Å². The molecule has 0 saturated carbocycles. The number of epoxide rings is 1. The van der Waals surface area contributed by atoms with Gasteiger partial charge in [-0.05, 0) is 29.5 Å². The van der Waals surface area contributed by atoms with Crippen LogP contribution in [0.1, 0.15) is 11.1 Å². The molecule has 1 unspecified atom stereocenters. The van der Waals surface area contributed by atoms with E-state index < -0.39 is 22.7 Å². The summed E-state index contributed by atoms with van der Waals surface area (Å²) in [6, 6.07) is 5.24. The van der Waals surface area contributed by atoms with Crippen LogP contribution in [0, 0.1) is 11.6 Å². The lowest BCUT2D eigenvalue weighted by Crippen LogP contribution is -2.16. The van der Waals surface area contributed by atoms with Gasteiger partial charge in [-0.2, -0.15) is 13.2 Å². The first kappa shape index (κ1) is 15.2. The number of pyridine rings is 1. The summed E-state index contributed by atoms with van der Waals surface area (Å²) in [4.78, 5) is 3.39. The minimum absolute atomic E-state index is 0.0114. The maximum atomic E-state index is 13.8. The average Bonchev–Trinajstić information content (AvgIpc) is 3.19. The molecule has 3 rings (SSSR count). The monoisotopic (exact) mass is 333 g/mol. The molecule has 1 aliphatic rings. The van der Waals surface area contributed by atoms with E-state index >= 15 is 0 Å². The Morgan fingerprint density at radius 3 is 2.05 bits per heavy atom. The Balaban J connectivity index is 1.94. The molecule has 2 nitrogen and oxygen atoms in total. The Morgan fingerprint density at radius 1 is 1.05 bits per heavy atom. The van der Waals surface area contributed by atoms with Crippen LogP contribution >= 0.6 is 11.8 Å². The summed E-state index contributed by atoms with van der Waals surface area (Å²) in [6.07, 6.45) is 1.74. The number of nitrogens with zero attached hydrogens (tertiary/aromatic N) is 1. The standard InChI is InChI=1S/C14H8F5NOS/c15-10-5-20-6-11(16)12(10)13(7-21-13)8-1-3-9(4-2-8)22-14(17,18)19/h1-6H,7H2. The molecule has 0 N–H and O–H groups in total. The number of alkyl halides is 3. The van der Waals surface area contributed by atoms with Crippen molar-refractivity contribution in [1.29, 1.82) is 0 Å². The molecule has 22 heavy (non-hydrogen) atoms. The van der Waals surface area contributed by atoms with Crippen molar-refractivity contribution in [3.8, 4) is 0 Å². The van der Waals surface area contributed by atoms with Crippen molar-refractivity contribution in [2.45, 2.75) is 16.0 Å². The van der Waals surface area contributed by atoms with E-state index in [9.17, 15) is 22.0 Å². The van der Waals surface area contributed by atoms with Gasteiger partial charge in [0.15, 0.2) is 11.6 Å². The normalized spacial score (nSPS) is 21.0. The first-order valence-corrected chi connectivity index (χ1v) is 6.93. The number of aromatic nitrogens is 1. The van der Waals surface area contributed by atoms with Gasteiger partial charge in [0.25, 0.3) is 0 Å². The van der Waals surface area contributed by atoms with E-state index in [-0.39, 0.29) is 28.8 Å². The summed E-state index contributed by atoms with van der Waals surface area (Å²) < 4.78 is 69.8. The van der Waals surface area contributed by atoms with Gasteiger partial charge in [0.05, 0.1) is 24.6 Å². The lowest BCUT2D eigenvalue weighted by molar-refractivity contribution is -0.0328. The number of benzene rings is 1. The van der Waals surface area contributed by atoms with Crippen molar-refractivity contribution in [2.24, 2.45) is 0 Å². The van der Waals surface area contributed by atoms with Gasteiger partial charge in [-0.15, -0.1) is 0 Å². The fraction of sp³-hybridized carbons (Fsp3) is 0.214. The molecular formula is C14H8F5NOS. The molecule has 0 bridgehead atoms. The predicted octanol–water partition coefficient (Wildman–Crippen LogP) is 4.25. The molecule has 0 amide bonds. The third kappa shape index (κ3) is 2.80. The Bertz CT molecular complexity index is 677. The molecular weight excluding hydrogens is 325 g/mol. The van der Waals surface area contributed by atoms with Crippen molar-refractivity contribution >= 4 is 11.8 Å². The van der Waals surface area contributed by atoms with Crippen molar-refractivity contribution in [2.75, 3.05) is 6.61 Å². The lowest BCUT2D eigenvalue weighted by Gasteiger charge is -2.15. The second-order valence-corrected chi connectivity index (χ2v) is 5.80. The van der Waals surface area contributed by atoms with Gasteiger partial charge >= 0.3 is 5.51 Å². The predicted molar refractivity (Wildman–Crippen MR) is 69.2 cm³/mol. The summed E-state index contributed by atoms with van der Waals surface area (Å²) in [7, 11) is 0. The van der Waals surface area contributed by atoms with Gasteiger partial charge in [-0.25, -0.2) is 8.78 Å². The first-order valence-electron chi connectivity index (χ1n) is 6.11. The van der Waals surface area contributed by atoms with Crippen LogP contribution in [0.25, 0.3) is 0 Å². The van der Waals surface area contributed by atoms with Crippen LogP contribution in [0.15, 0.2) is 41.6 Å². The van der Waals surface area contributed by atoms with Crippen molar-refractivity contribution in [3.05, 3.63) is 59.4 Å². The van der Waals surface area contributed by atoms with E-state index in [0.717, 1.165) is 12.4 Å². The highest BCUT2D eigenvalue weighted by Crippen LogP contribution is 2.47. The van der Waals surface area contributed by atoms with Crippen LogP contribution in [0.5, 0.6) is 0 Å². The van der Waals surface area contributed by atoms with Gasteiger partial charge < -0.3 is 4.74 Å². The third-order valence-electron chi connectivity index (χ3n) is 3.24. The molecule has 1 aliphatic heterocycles. The Kier molecular flexibility index (Phi) is 3.60. The molecule has 0 aliphatic carbocycles. The van der Waals surface area contributed by atoms with Gasteiger partial charge in [0.1, 0.15) is 5.60 Å². The molecule has 1 fully saturated rings. The zero-order chi connectivity index (χ0) is 16.0. The highest BCUT2D eigenvalue weighted by atomic mass is 32.2. The number of rotatable bonds is 3. The average molecular weight is 333 g/mol. The molecule has 8 heteroatoms. The van der Waals surface area contributed by atoms with Crippen molar-refractivity contribution < 1.29 is 26.7 Å². The number of thioether (sulfide) groups is 1. The van der Waals surface area contributed by atoms with E-state index in [0.29, 0.717) is 5.56 Å². The molecule has 1 saturated heterocycles. The molecule has 2 aromatic rings. The topological polar surface area (TPSA) is 25.4 Å². The number of hydrogen-bond acceptors (Lipinski definition) is 3. The molecule has 1 aromatic heterocycles. The summed E-state index contributed by atoms with van der Waals surface area (Å²) in [6.45, 7) is 0.0522. The highest BCUT2D eigenvalue weighted by molar-refractivity contribution is 8.00. The van der Waals surface area contributed by atoms with E-state index in [2.05, 4.69) is 4.98 Å². The smallest absolute Gasteiger partial charge is 0.359 e. The highest BCUT2D eigenvalue weighted by Gasteiger charge is 2.52. The van der Waals surface area contributed by atoms with Gasteiger partial charge in [0.2, 0.25) is 0 Å². The minimum Gasteiger partial charge on any atom is -0.359 e. The maximum Gasteiger partial charge on any atom is 0.446 e. The van der Waals surface area contributed by atoms with Crippen LogP contribution in [-0.4, -0.2) is 17.1 Å². The number of hydrogen-bond donors (Lipinski definition) is 0. The van der Waals surface area contributed by atoms with E-state index in [1.54, 1.807) is 0 Å². The fourth-order valence-electron chi connectivity index (χ4n) is 2.25. The van der Waals surface area contributed by atoms with E-state index in [1.165, 1.54) is 24.3 Å². The Hall–Kier alpha value is -1.67. The van der Waals surface area contributed by atoms with Crippen LogP contribution in [-0.2, 0) is 10.3 Å². The van der Waals surface area contributed by atoms with Crippen molar-refractivity contribution in [3.63, 3.8) is 0 Å². The van der Waals surface area contributed by atoms with Crippen LogP contribution < -0.4 is 0 Å². The molecule has 0 spiro atoms. The molecule has 116 valence electrons. The fourth-order valence-corrected chi connectivity index (χ4v) is 2.79. The molecule has 2 heterocycles. The third-order valence-corrected chi connectivity index (χ3v) is 3.98. The van der Waals surface area contributed by atoms with E-state index in [4.69, 9.17) is 4.74 Å².